The highest BCUT2D eigenvalue weighted by Crippen LogP contribution is 2.03. The largest absolute Gasteiger partial charge is 0.330 e. The Labute approximate surface area is 58.6 Å². The van der Waals surface area contributed by atoms with E-state index >= 15 is 0 Å². The third-order valence-electron chi connectivity index (χ3n) is 1.45. The molecule has 0 aliphatic heterocycles. The quantitative estimate of drug-likeness (QED) is 0.545. The van der Waals surface area contributed by atoms with Crippen LogP contribution >= 0.6 is 0 Å². The second kappa shape index (κ2) is 7.96. The predicted molar refractivity (Wildman–Crippen MR) is 42.1 cm³/mol. The second-order valence-corrected chi connectivity index (χ2v) is 2.41. The molecule has 1 nitrogen and oxygen atoms in total. The van der Waals surface area contributed by atoms with E-state index in [-0.39, 0.29) is 0 Å². The van der Waals surface area contributed by atoms with Gasteiger partial charge >= 0.3 is 0 Å². The topological polar surface area (TPSA) is 26.0 Å². The molecule has 0 amide bonds. The van der Waals surface area contributed by atoms with Gasteiger partial charge in [-0.05, 0) is 13.0 Å². The van der Waals surface area contributed by atoms with Gasteiger partial charge in [-0.3, -0.25) is 0 Å². The van der Waals surface area contributed by atoms with Crippen LogP contribution in [-0.2, 0) is 0 Å². The van der Waals surface area contributed by atoms with Crippen molar-refractivity contribution >= 4 is 0 Å². The standard InChI is InChI=1S/C8H18N/c1-2-3-4-5-6-7-8-9/h1-9H2. The van der Waals surface area contributed by atoms with Crippen molar-refractivity contribution in [2.45, 2.75) is 38.5 Å². The van der Waals surface area contributed by atoms with Crippen LogP contribution in [-0.4, -0.2) is 6.54 Å². The summed E-state index contributed by atoms with van der Waals surface area (Å²) in [6.07, 6.45) is 7.54. The zero-order valence-electron chi connectivity index (χ0n) is 6.23. The second-order valence-electron chi connectivity index (χ2n) is 2.41. The number of rotatable bonds is 6. The molecule has 0 aromatic rings. The van der Waals surface area contributed by atoms with Gasteiger partial charge < -0.3 is 5.73 Å². The fourth-order valence-corrected chi connectivity index (χ4v) is 0.851. The van der Waals surface area contributed by atoms with Crippen molar-refractivity contribution in [3.63, 3.8) is 0 Å². The highest BCUT2D eigenvalue weighted by atomic mass is 14.5. The van der Waals surface area contributed by atoms with Crippen LogP contribution in [0.2, 0.25) is 0 Å². The van der Waals surface area contributed by atoms with Gasteiger partial charge in [0, 0.05) is 0 Å². The van der Waals surface area contributed by atoms with Gasteiger partial charge in [0.15, 0.2) is 0 Å². The highest BCUT2D eigenvalue weighted by molar-refractivity contribution is 4.45. The predicted octanol–water partition coefficient (Wildman–Crippen LogP) is 2.12. The Morgan fingerprint density at radius 1 is 0.889 bits per heavy atom. The van der Waals surface area contributed by atoms with E-state index in [0.717, 1.165) is 13.0 Å². The van der Waals surface area contributed by atoms with Gasteiger partial charge in [0.1, 0.15) is 0 Å². The minimum Gasteiger partial charge on any atom is -0.330 e. The molecule has 0 fully saturated rings. The lowest BCUT2D eigenvalue weighted by molar-refractivity contribution is 0.622. The van der Waals surface area contributed by atoms with Gasteiger partial charge in [-0.1, -0.05) is 39.0 Å². The van der Waals surface area contributed by atoms with Gasteiger partial charge in [-0.25, -0.2) is 0 Å². The van der Waals surface area contributed by atoms with E-state index < -0.39 is 0 Å². The molecule has 0 bridgehead atoms. The molecule has 0 saturated carbocycles. The zero-order chi connectivity index (χ0) is 6.95. The third-order valence-corrected chi connectivity index (χ3v) is 1.45. The van der Waals surface area contributed by atoms with Crippen molar-refractivity contribution < 1.29 is 0 Å². The van der Waals surface area contributed by atoms with Crippen molar-refractivity contribution in [2.75, 3.05) is 6.54 Å². The molecule has 0 saturated heterocycles. The first-order valence-electron chi connectivity index (χ1n) is 3.91. The van der Waals surface area contributed by atoms with E-state index in [0.29, 0.717) is 0 Å². The van der Waals surface area contributed by atoms with Gasteiger partial charge in [-0.15, -0.1) is 0 Å². The Kier molecular flexibility index (Phi) is 7.92. The van der Waals surface area contributed by atoms with Crippen LogP contribution in [0, 0.1) is 6.92 Å². The first kappa shape index (κ1) is 8.96. The first-order chi connectivity index (χ1) is 4.41. The van der Waals surface area contributed by atoms with Crippen molar-refractivity contribution in [3.8, 4) is 0 Å². The van der Waals surface area contributed by atoms with Gasteiger partial charge in [-0.2, -0.15) is 0 Å². The molecule has 0 heterocycles. The van der Waals surface area contributed by atoms with Crippen molar-refractivity contribution in [1.29, 1.82) is 0 Å². The Morgan fingerprint density at radius 2 is 1.44 bits per heavy atom. The lowest BCUT2D eigenvalue weighted by atomic mass is 10.1. The van der Waals surface area contributed by atoms with E-state index in [2.05, 4.69) is 6.92 Å². The molecule has 1 radical (unpaired) electrons. The molecular formula is C8H18N. The summed E-state index contributed by atoms with van der Waals surface area (Å²) in [4.78, 5) is 0. The number of hydrogen-bond acceptors (Lipinski definition) is 1. The Balaban J connectivity index is 2.60. The summed E-state index contributed by atoms with van der Waals surface area (Å²) in [6, 6.07) is 0. The van der Waals surface area contributed by atoms with Gasteiger partial charge in [0.2, 0.25) is 0 Å². The highest BCUT2D eigenvalue weighted by Gasteiger charge is 1.85. The van der Waals surface area contributed by atoms with Gasteiger partial charge in [0.25, 0.3) is 0 Å². The molecule has 0 unspecified atom stereocenters. The number of hydrogen-bond donors (Lipinski definition) is 1. The molecule has 2 N–H and O–H groups in total. The number of nitrogens with two attached hydrogens (primary N) is 1. The van der Waals surface area contributed by atoms with Crippen molar-refractivity contribution in [3.05, 3.63) is 6.92 Å². The van der Waals surface area contributed by atoms with E-state index in [9.17, 15) is 0 Å². The summed E-state index contributed by atoms with van der Waals surface area (Å²) >= 11 is 0. The SMILES string of the molecule is [CH2]CCCCCCCN. The van der Waals surface area contributed by atoms with E-state index in [1.807, 2.05) is 0 Å². The van der Waals surface area contributed by atoms with Crippen LogP contribution in [0.5, 0.6) is 0 Å². The molecule has 0 rings (SSSR count). The summed E-state index contributed by atoms with van der Waals surface area (Å²) in [5.74, 6) is 0. The molecule has 0 aliphatic carbocycles. The van der Waals surface area contributed by atoms with Crippen LogP contribution in [0.3, 0.4) is 0 Å². The monoisotopic (exact) mass is 128 g/mol. The molecule has 9 heavy (non-hydrogen) atoms. The third kappa shape index (κ3) is 7.96. The van der Waals surface area contributed by atoms with Crippen LogP contribution in [0.1, 0.15) is 38.5 Å². The van der Waals surface area contributed by atoms with E-state index in [4.69, 9.17) is 5.73 Å². The maximum absolute atomic E-state index is 5.33. The van der Waals surface area contributed by atoms with Crippen LogP contribution in [0.4, 0.5) is 0 Å². The number of unbranched alkanes of at least 4 members (excludes halogenated alkanes) is 5. The maximum atomic E-state index is 5.33. The van der Waals surface area contributed by atoms with Crippen molar-refractivity contribution in [2.24, 2.45) is 5.73 Å². The molecule has 0 aromatic carbocycles. The Morgan fingerprint density at radius 3 is 2.00 bits per heavy atom. The lowest BCUT2D eigenvalue weighted by Crippen LogP contribution is -1.97. The smallest absolute Gasteiger partial charge is 0.00773 e. The molecule has 0 aliphatic rings. The molecule has 0 atom stereocenters. The normalized spacial score (nSPS) is 10.0. The summed E-state index contributed by atoms with van der Waals surface area (Å²) < 4.78 is 0. The van der Waals surface area contributed by atoms with Gasteiger partial charge in [0.05, 0.1) is 0 Å². The van der Waals surface area contributed by atoms with E-state index in [1.165, 1.54) is 32.1 Å². The maximum Gasteiger partial charge on any atom is -0.00773 e. The molecule has 55 valence electrons. The Hall–Kier alpha value is -0.0400. The van der Waals surface area contributed by atoms with Crippen LogP contribution < -0.4 is 5.73 Å². The fraction of sp³-hybridized carbons (Fsp3) is 0.875. The Bertz CT molecular complexity index is 37.8. The summed E-state index contributed by atoms with van der Waals surface area (Å²) in [5, 5.41) is 0. The molecule has 0 spiro atoms. The minimum absolute atomic E-state index is 0.852. The fourth-order valence-electron chi connectivity index (χ4n) is 0.851. The molecule has 0 aromatic heterocycles. The average Bonchev–Trinajstić information content (AvgIpc) is 1.89. The molecular weight excluding hydrogens is 110 g/mol. The van der Waals surface area contributed by atoms with Crippen molar-refractivity contribution in [1.82, 2.24) is 0 Å². The minimum atomic E-state index is 0.852. The molecule has 1 heteroatoms. The summed E-state index contributed by atoms with van der Waals surface area (Å²) in [7, 11) is 0. The van der Waals surface area contributed by atoms with E-state index in [1.54, 1.807) is 0 Å². The zero-order valence-corrected chi connectivity index (χ0v) is 6.23. The van der Waals surface area contributed by atoms with Crippen LogP contribution in [0.25, 0.3) is 0 Å². The summed E-state index contributed by atoms with van der Waals surface area (Å²) in [5.41, 5.74) is 5.33. The first-order valence-corrected chi connectivity index (χ1v) is 3.91. The average molecular weight is 128 g/mol. The lowest BCUT2D eigenvalue weighted by Gasteiger charge is -1.96. The van der Waals surface area contributed by atoms with Crippen LogP contribution in [0.15, 0.2) is 0 Å². The summed E-state index contributed by atoms with van der Waals surface area (Å²) in [6.45, 7) is 4.63.